The zero-order chi connectivity index (χ0) is 41.8. The molecular formula is C38H56N8O10. The first-order valence-electron chi connectivity index (χ1n) is 18.7. The van der Waals surface area contributed by atoms with Crippen LogP contribution in [0.2, 0.25) is 0 Å². The van der Waals surface area contributed by atoms with Crippen molar-refractivity contribution in [3.8, 4) is 0 Å². The molecule has 0 spiro atoms. The van der Waals surface area contributed by atoms with Gasteiger partial charge in [0, 0.05) is 57.1 Å². The van der Waals surface area contributed by atoms with Gasteiger partial charge in [-0.05, 0) is 75.5 Å². The summed E-state index contributed by atoms with van der Waals surface area (Å²) < 4.78 is 5.27. The normalized spacial score (nSPS) is 12.4. The van der Waals surface area contributed by atoms with E-state index in [4.69, 9.17) is 4.42 Å². The molecule has 1 heterocycles. The summed E-state index contributed by atoms with van der Waals surface area (Å²) in [5.41, 5.74) is 0.771. The van der Waals surface area contributed by atoms with Crippen molar-refractivity contribution in [3.05, 3.63) is 40.2 Å². The minimum Gasteiger partial charge on any atom is -0.423 e. The standard InChI is InChI=1S/C38H56N8O10/c1-22(2)17-31(46-34(51)21-41-36(53)29(43-26(6)49)11-7-9-15-39-24(4)47)37(54)42-20-33(50)45-30(12-8-10-16-40-25(5)48)38(55)44-27-13-14-28-23(3)18-35(52)56-32(28)19-27/h13-14,18-19,22,29-31H,7-12,15-17,20-21H2,1-6H3,(H,39,47)(H,40,48)(H,41,53)(H,42,54)(H,43,49)(H,44,55)(H,45,50)(H,46,51)/t29-,30-,31-/m0/s1. The van der Waals surface area contributed by atoms with E-state index in [1.165, 1.54) is 32.9 Å². The van der Waals surface area contributed by atoms with Crippen LogP contribution in [0.4, 0.5) is 5.69 Å². The van der Waals surface area contributed by atoms with Crippen molar-refractivity contribution in [2.75, 3.05) is 31.5 Å². The smallest absolute Gasteiger partial charge is 0.336 e. The molecule has 1 aromatic carbocycles. The van der Waals surface area contributed by atoms with E-state index < -0.39 is 72.3 Å². The Balaban J connectivity index is 2.02. The van der Waals surface area contributed by atoms with Crippen LogP contribution in [0.25, 0.3) is 11.0 Å². The molecule has 0 aliphatic heterocycles. The first-order chi connectivity index (χ1) is 26.4. The highest BCUT2D eigenvalue weighted by atomic mass is 16.4. The summed E-state index contributed by atoms with van der Waals surface area (Å²) in [6.45, 7) is 9.28. The summed E-state index contributed by atoms with van der Waals surface area (Å²) in [5, 5.41) is 21.5. The van der Waals surface area contributed by atoms with Crippen molar-refractivity contribution in [2.24, 2.45) is 5.92 Å². The van der Waals surface area contributed by atoms with E-state index in [-0.39, 0.29) is 42.6 Å². The molecule has 3 atom stereocenters. The van der Waals surface area contributed by atoms with Crippen LogP contribution in [-0.4, -0.2) is 91.6 Å². The van der Waals surface area contributed by atoms with Crippen molar-refractivity contribution in [2.45, 2.75) is 105 Å². The number of benzene rings is 1. The molecule has 2 rings (SSSR count). The number of rotatable bonds is 23. The van der Waals surface area contributed by atoms with Gasteiger partial charge < -0.3 is 47.0 Å². The number of unbranched alkanes of at least 4 members (excludes halogenated alkanes) is 2. The van der Waals surface area contributed by atoms with Crippen LogP contribution in [0, 0.1) is 12.8 Å². The number of carbonyl (C=O) groups is 8. The molecule has 1 aromatic heterocycles. The number of nitrogens with one attached hydrogen (secondary N) is 8. The van der Waals surface area contributed by atoms with Gasteiger partial charge in [0.15, 0.2) is 0 Å². The molecule has 0 fully saturated rings. The first kappa shape index (κ1) is 46.3. The Labute approximate surface area is 325 Å². The molecule has 8 N–H and O–H groups in total. The topological polar surface area (TPSA) is 263 Å². The van der Waals surface area contributed by atoms with Crippen molar-refractivity contribution in [3.63, 3.8) is 0 Å². The lowest BCUT2D eigenvalue weighted by molar-refractivity contribution is -0.132. The SMILES string of the molecule is CC(=O)NCCCC[C@H](NC(C)=O)C(=O)NCC(=O)N[C@@H](CC(C)C)C(=O)NCC(=O)N[C@@H](CCCCNC(C)=O)C(=O)Nc1ccc2c(C)cc(=O)oc2c1. The second-order valence-electron chi connectivity index (χ2n) is 14.0. The Kier molecular flexibility index (Phi) is 19.7. The maximum Gasteiger partial charge on any atom is 0.336 e. The lowest BCUT2D eigenvalue weighted by atomic mass is 10.0. The van der Waals surface area contributed by atoms with Crippen molar-refractivity contribution >= 4 is 63.9 Å². The molecule has 308 valence electrons. The molecule has 0 aliphatic carbocycles. The Morgan fingerprint density at radius 3 is 1.66 bits per heavy atom. The minimum atomic E-state index is -1.06. The predicted molar refractivity (Wildman–Crippen MR) is 208 cm³/mol. The molecule has 0 bridgehead atoms. The van der Waals surface area contributed by atoms with E-state index in [1.54, 1.807) is 19.1 Å². The highest BCUT2D eigenvalue weighted by molar-refractivity contribution is 5.99. The van der Waals surface area contributed by atoms with Gasteiger partial charge in [-0.1, -0.05) is 13.8 Å². The number of anilines is 1. The van der Waals surface area contributed by atoms with Crippen LogP contribution in [0.15, 0.2) is 33.5 Å². The lowest BCUT2D eigenvalue weighted by Crippen LogP contribution is -2.53. The van der Waals surface area contributed by atoms with Crippen LogP contribution >= 0.6 is 0 Å². The van der Waals surface area contributed by atoms with Crippen LogP contribution in [0.5, 0.6) is 0 Å². The van der Waals surface area contributed by atoms with Gasteiger partial charge in [0.25, 0.3) is 0 Å². The van der Waals surface area contributed by atoms with E-state index in [9.17, 15) is 43.2 Å². The summed E-state index contributed by atoms with van der Waals surface area (Å²) >= 11 is 0. The maximum absolute atomic E-state index is 13.4. The molecule has 0 saturated carbocycles. The van der Waals surface area contributed by atoms with Gasteiger partial charge in [-0.15, -0.1) is 0 Å². The lowest BCUT2D eigenvalue weighted by Gasteiger charge is -2.22. The molecule has 0 unspecified atom stereocenters. The third-order valence-corrected chi connectivity index (χ3v) is 8.36. The molecule has 18 heteroatoms. The van der Waals surface area contributed by atoms with Gasteiger partial charge >= 0.3 is 5.63 Å². The molecule has 0 saturated heterocycles. The molecule has 8 amide bonds. The van der Waals surface area contributed by atoms with Crippen LogP contribution in [-0.2, 0) is 38.4 Å². The second kappa shape index (κ2) is 23.9. The minimum absolute atomic E-state index is 0.0475. The Bertz CT molecular complexity index is 1780. The van der Waals surface area contributed by atoms with Crippen molar-refractivity contribution in [1.82, 2.24) is 37.2 Å². The molecule has 56 heavy (non-hydrogen) atoms. The Hall–Kier alpha value is -5.81. The van der Waals surface area contributed by atoms with E-state index in [0.717, 1.165) is 0 Å². The van der Waals surface area contributed by atoms with Crippen molar-refractivity contribution in [1.29, 1.82) is 0 Å². The summed E-state index contributed by atoms with van der Waals surface area (Å²) in [4.78, 5) is 111. The highest BCUT2D eigenvalue weighted by Crippen LogP contribution is 2.21. The fourth-order valence-corrected chi connectivity index (χ4v) is 5.67. The molecule has 18 nitrogen and oxygen atoms in total. The third kappa shape index (κ3) is 18.0. The number of hydrogen-bond donors (Lipinski definition) is 8. The van der Waals surface area contributed by atoms with Gasteiger partial charge in [0.05, 0.1) is 13.1 Å². The van der Waals surface area contributed by atoms with Crippen molar-refractivity contribution < 1.29 is 42.8 Å². The van der Waals surface area contributed by atoms with Crippen LogP contribution in [0.3, 0.4) is 0 Å². The zero-order valence-corrected chi connectivity index (χ0v) is 33.0. The van der Waals surface area contributed by atoms with E-state index in [0.29, 0.717) is 55.4 Å². The Morgan fingerprint density at radius 2 is 1.14 bits per heavy atom. The number of aryl methyl sites for hydroxylation is 1. The maximum atomic E-state index is 13.4. The van der Waals surface area contributed by atoms with Gasteiger partial charge in [-0.3, -0.25) is 38.4 Å². The third-order valence-electron chi connectivity index (χ3n) is 8.36. The van der Waals surface area contributed by atoms with Crippen LogP contribution in [0.1, 0.15) is 85.1 Å². The first-order valence-corrected chi connectivity index (χ1v) is 18.7. The quantitative estimate of drug-likeness (QED) is 0.0568. The molecule has 0 aliphatic rings. The fraction of sp³-hybridized carbons (Fsp3) is 0.553. The molecular weight excluding hydrogens is 728 g/mol. The number of fused-ring (bicyclic) bond motifs is 1. The monoisotopic (exact) mass is 784 g/mol. The molecule has 2 aromatic rings. The van der Waals surface area contributed by atoms with Gasteiger partial charge in [-0.2, -0.15) is 0 Å². The highest BCUT2D eigenvalue weighted by Gasteiger charge is 2.26. The summed E-state index contributed by atoms with van der Waals surface area (Å²) in [6.07, 6.45) is 2.76. The largest absolute Gasteiger partial charge is 0.423 e. The summed E-state index contributed by atoms with van der Waals surface area (Å²) in [7, 11) is 0. The molecule has 0 radical (unpaired) electrons. The van der Waals surface area contributed by atoms with Gasteiger partial charge in [0.2, 0.25) is 47.3 Å². The average Bonchev–Trinajstić information content (AvgIpc) is 3.10. The second-order valence-corrected chi connectivity index (χ2v) is 14.0. The van der Waals surface area contributed by atoms with Gasteiger partial charge in [-0.25, -0.2) is 4.79 Å². The number of amides is 8. The van der Waals surface area contributed by atoms with Crippen LogP contribution < -0.4 is 48.2 Å². The van der Waals surface area contributed by atoms with E-state index >= 15 is 0 Å². The zero-order valence-electron chi connectivity index (χ0n) is 33.0. The summed E-state index contributed by atoms with van der Waals surface area (Å²) in [6, 6.07) is 3.20. The number of hydrogen-bond acceptors (Lipinski definition) is 10. The van der Waals surface area contributed by atoms with E-state index in [1.807, 2.05) is 13.8 Å². The predicted octanol–water partition coefficient (Wildman–Crippen LogP) is 0.406. The van der Waals surface area contributed by atoms with E-state index in [2.05, 4.69) is 42.5 Å². The number of carbonyl (C=O) groups excluding carboxylic acids is 8. The Morgan fingerprint density at radius 1 is 0.625 bits per heavy atom. The van der Waals surface area contributed by atoms with Gasteiger partial charge in [0.1, 0.15) is 23.7 Å². The fourth-order valence-electron chi connectivity index (χ4n) is 5.67. The average molecular weight is 785 g/mol. The summed E-state index contributed by atoms with van der Waals surface area (Å²) in [5.74, 6) is -4.01.